The highest BCUT2D eigenvalue weighted by Gasteiger charge is 2.10. The van der Waals surface area contributed by atoms with Crippen LogP contribution in [0.1, 0.15) is 26.7 Å². The molecule has 1 nitrogen and oxygen atoms in total. The van der Waals surface area contributed by atoms with Crippen LogP contribution in [-0.4, -0.2) is 5.78 Å². The number of Topliss-reactive ketones (excluding diaryl/α,β-unsaturated/α-hetero) is 1. The van der Waals surface area contributed by atoms with E-state index in [0.29, 0.717) is 6.42 Å². The van der Waals surface area contributed by atoms with Crippen LogP contribution < -0.4 is 0 Å². The monoisotopic (exact) mass is 152 g/mol. The Balaban J connectivity index is 3.81. The molecule has 0 saturated carbocycles. The number of hydrogen-bond donors (Lipinski definition) is 0. The summed E-state index contributed by atoms with van der Waals surface area (Å²) in [6.45, 7) is 11.2. The Morgan fingerprint density at radius 1 is 1.64 bits per heavy atom. The highest BCUT2D eigenvalue weighted by Crippen LogP contribution is 2.11. The molecule has 0 radical (unpaired) electrons. The van der Waals surface area contributed by atoms with E-state index in [-0.39, 0.29) is 11.7 Å². The van der Waals surface area contributed by atoms with Crippen molar-refractivity contribution in [3.8, 4) is 0 Å². The average Bonchev–Trinajstić information content (AvgIpc) is 1.86. The van der Waals surface area contributed by atoms with Crippen LogP contribution in [0.25, 0.3) is 0 Å². The summed E-state index contributed by atoms with van der Waals surface area (Å²) in [5.74, 6) is 0.355. The van der Waals surface area contributed by atoms with Crippen LogP contribution in [0.15, 0.2) is 24.8 Å². The number of ketones is 1. The van der Waals surface area contributed by atoms with Crippen molar-refractivity contribution in [2.24, 2.45) is 5.92 Å². The maximum Gasteiger partial charge on any atom is 0.139 e. The summed E-state index contributed by atoms with van der Waals surface area (Å²) in [5, 5.41) is 0. The second-order valence-electron chi connectivity index (χ2n) is 3.02. The molecular formula is C10H16O. The van der Waals surface area contributed by atoms with E-state index < -0.39 is 0 Å². The lowest BCUT2D eigenvalue weighted by atomic mass is 9.97. The molecule has 1 unspecified atom stereocenters. The minimum atomic E-state index is 0.102. The van der Waals surface area contributed by atoms with Gasteiger partial charge in [0.2, 0.25) is 0 Å². The Bertz CT molecular complexity index is 168. The van der Waals surface area contributed by atoms with E-state index in [4.69, 9.17) is 0 Å². The van der Waals surface area contributed by atoms with Gasteiger partial charge in [-0.2, -0.15) is 0 Å². The Hall–Kier alpha value is -0.850. The van der Waals surface area contributed by atoms with Crippen molar-refractivity contribution < 1.29 is 4.79 Å². The van der Waals surface area contributed by atoms with Gasteiger partial charge < -0.3 is 0 Å². The molecule has 0 N–H and O–H groups in total. The van der Waals surface area contributed by atoms with Crippen LogP contribution in [-0.2, 0) is 4.79 Å². The first kappa shape index (κ1) is 10.2. The minimum Gasteiger partial charge on any atom is -0.299 e. The van der Waals surface area contributed by atoms with Gasteiger partial charge in [-0.25, -0.2) is 0 Å². The standard InChI is InChI=1S/C10H16O/c1-5-6-10(11)9(4)7-8(2)3/h5,9H,1-2,6-7H2,3-4H3. The van der Waals surface area contributed by atoms with E-state index >= 15 is 0 Å². The van der Waals surface area contributed by atoms with Crippen molar-refractivity contribution in [2.75, 3.05) is 0 Å². The van der Waals surface area contributed by atoms with Crippen LogP contribution in [0.3, 0.4) is 0 Å². The van der Waals surface area contributed by atoms with Crippen LogP contribution >= 0.6 is 0 Å². The lowest BCUT2D eigenvalue weighted by Gasteiger charge is -2.07. The molecule has 0 aromatic carbocycles. The topological polar surface area (TPSA) is 17.1 Å². The molecule has 0 amide bonds. The third kappa shape index (κ3) is 4.54. The number of allylic oxidation sites excluding steroid dienone is 2. The number of carbonyl (C=O) groups excluding carboxylic acids is 1. The van der Waals surface area contributed by atoms with Crippen molar-refractivity contribution in [2.45, 2.75) is 26.7 Å². The van der Waals surface area contributed by atoms with Crippen molar-refractivity contribution in [3.63, 3.8) is 0 Å². The van der Waals surface area contributed by atoms with E-state index in [1.54, 1.807) is 6.08 Å². The zero-order chi connectivity index (χ0) is 8.85. The van der Waals surface area contributed by atoms with Crippen LogP contribution in [0, 0.1) is 5.92 Å². The maximum absolute atomic E-state index is 11.2. The molecule has 0 aliphatic rings. The predicted octanol–water partition coefficient (Wildman–Crippen LogP) is 2.73. The Kier molecular flexibility index (Phi) is 4.51. The van der Waals surface area contributed by atoms with Gasteiger partial charge in [-0.05, 0) is 13.3 Å². The molecule has 0 aromatic rings. The molecule has 0 rings (SSSR count). The molecule has 62 valence electrons. The molecule has 11 heavy (non-hydrogen) atoms. The first-order valence-corrected chi connectivity index (χ1v) is 3.86. The summed E-state index contributed by atoms with van der Waals surface area (Å²) < 4.78 is 0. The molecule has 0 aliphatic heterocycles. The van der Waals surface area contributed by atoms with Gasteiger partial charge in [-0.15, -0.1) is 13.2 Å². The summed E-state index contributed by atoms with van der Waals surface area (Å²) in [6.07, 6.45) is 2.93. The molecular weight excluding hydrogens is 136 g/mol. The highest BCUT2D eigenvalue weighted by molar-refractivity contribution is 5.82. The van der Waals surface area contributed by atoms with Crippen LogP contribution in [0.2, 0.25) is 0 Å². The Morgan fingerprint density at radius 2 is 2.18 bits per heavy atom. The van der Waals surface area contributed by atoms with Gasteiger partial charge in [0.1, 0.15) is 5.78 Å². The Morgan fingerprint density at radius 3 is 2.55 bits per heavy atom. The SMILES string of the molecule is C=CCC(=O)C(C)CC(=C)C. The fourth-order valence-corrected chi connectivity index (χ4v) is 0.980. The summed E-state index contributed by atoms with van der Waals surface area (Å²) >= 11 is 0. The predicted molar refractivity (Wildman–Crippen MR) is 48.4 cm³/mol. The summed E-state index contributed by atoms with van der Waals surface area (Å²) in [6, 6.07) is 0. The van der Waals surface area contributed by atoms with Crippen molar-refractivity contribution in [1.29, 1.82) is 0 Å². The Labute approximate surface area is 68.8 Å². The molecule has 0 heterocycles. The fraction of sp³-hybridized carbons (Fsp3) is 0.500. The highest BCUT2D eigenvalue weighted by atomic mass is 16.1. The quantitative estimate of drug-likeness (QED) is 0.553. The minimum absolute atomic E-state index is 0.102. The van der Waals surface area contributed by atoms with Gasteiger partial charge in [0.05, 0.1) is 0 Å². The normalized spacial score (nSPS) is 12.2. The van der Waals surface area contributed by atoms with Gasteiger partial charge in [0, 0.05) is 12.3 Å². The van der Waals surface area contributed by atoms with E-state index in [1.807, 2.05) is 13.8 Å². The molecule has 0 spiro atoms. The third-order valence-electron chi connectivity index (χ3n) is 1.55. The molecule has 0 fully saturated rings. The average molecular weight is 152 g/mol. The van der Waals surface area contributed by atoms with Crippen molar-refractivity contribution in [1.82, 2.24) is 0 Å². The second-order valence-corrected chi connectivity index (χ2v) is 3.02. The molecule has 0 aliphatic carbocycles. The number of hydrogen-bond acceptors (Lipinski definition) is 1. The fourth-order valence-electron chi connectivity index (χ4n) is 0.980. The van der Waals surface area contributed by atoms with Gasteiger partial charge >= 0.3 is 0 Å². The van der Waals surface area contributed by atoms with Crippen LogP contribution in [0.4, 0.5) is 0 Å². The molecule has 0 bridgehead atoms. The first-order chi connectivity index (χ1) is 5.07. The maximum atomic E-state index is 11.2. The zero-order valence-corrected chi connectivity index (χ0v) is 7.39. The summed E-state index contributed by atoms with van der Waals surface area (Å²) in [4.78, 5) is 11.2. The lowest BCUT2D eigenvalue weighted by Crippen LogP contribution is -2.09. The van der Waals surface area contributed by atoms with E-state index in [0.717, 1.165) is 12.0 Å². The van der Waals surface area contributed by atoms with Crippen LogP contribution in [0.5, 0.6) is 0 Å². The summed E-state index contributed by atoms with van der Waals surface area (Å²) in [5.41, 5.74) is 1.06. The second kappa shape index (κ2) is 4.89. The van der Waals surface area contributed by atoms with Gasteiger partial charge in [0.25, 0.3) is 0 Å². The zero-order valence-electron chi connectivity index (χ0n) is 7.39. The van der Waals surface area contributed by atoms with Crippen molar-refractivity contribution in [3.05, 3.63) is 24.8 Å². The van der Waals surface area contributed by atoms with Crippen molar-refractivity contribution >= 4 is 5.78 Å². The first-order valence-electron chi connectivity index (χ1n) is 3.86. The van der Waals surface area contributed by atoms with Gasteiger partial charge in [-0.1, -0.05) is 18.6 Å². The number of carbonyl (C=O) groups is 1. The van der Waals surface area contributed by atoms with E-state index in [9.17, 15) is 4.79 Å². The van der Waals surface area contributed by atoms with E-state index in [2.05, 4.69) is 13.2 Å². The molecule has 1 atom stereocenters. The third-order valence-corrected chi connectivity index (χ3v) is 1.55. The van der Waals surface area contributed by atoms with Gasteiger partial charge in [0.15, 0.2) is 0 Å². The van der Waals surface area contributed by atoms with E-state index in [1.165, 1.54) is 0 Å². The molecule has 1 heteroatoms. The molecule has 0 aromatic heterocycles. The largest absolute Gasteiger partial charge is 0.299 e. The lowest BCUT2D eigenvalue weighted by molar-refractivity contribution is -0.121. The smallest absolute Gasteiger partial charge is 0.139 e. The summed E-state index contributed by atoms with van der Waals surface area (Å²) in [7, 11) is 0. The van der Waals surface area contributed by atoms with Gasteiger partial charge in [-0.3, -0.25) is 4.79 Å². The number of rotatable bonds is 5. The molecule has 0 saturated heterocycles.